The molecule has 0 fully saturated rings. The smallest absolute Gasteiger partial charge is 0.374 e. The highest BCUT2D eigenvalue weighted by atomic mass is 32.2. The third-order valence-electron chi connectivity index (χ3n) is 2.04. The van der Waals surface area contributed by atoms with Crippen molar-refractivity contribution in [1.29, 1.82) is 0 Å². The Hall–Kier alpha value is -1.20. The molecule has 0 radical (unpaired) electrons. The van der Waals surface area contributed by atoms with E-state index in [4.69, 9.17) is 5.73 Å². The van der Waals surface area contributed by atoms with Gasteiger partial charge in [-0.2, -0.15) is 13.2 Å². The number of thiophene rings is 1. The van der Waals surface area contributed by atoms with Gasteiger partial charge in [0.2, 0.25) is 19.3 Å². The predicted octanol–water partition coefficient (Wildman–Crippen LogP) is 2.17. The van der Waals surface area contributed by atoms with Crippen LogP contribution in [0.25, 0.3) is 0 Å². The minimum absolute atomic E-state index is 0.0556. The van der Waals surface area contributed by atoms with Gasteiger partial charge in [0.25, 0.3) is 0 Å². The summed E-state index contributed by atoms with van der Waals surface area (Å²) in [4.78, 5) is -0.923. The fourth-order valence-corrected chi connectivity index (χ4v) is 4.42. The van der Waals surface area contributed by atoms with Crippen LogP contribution in [0, 0.1) is 0 Å². The number of sulfone groups is 1. The van der Waals surface area contributed by atoms with E-state index >= 15 is 0 Å². The van der Waals surface area contributed by atoms with E-state index in [1.807, 2.05) is 0 Å². The van der Waals surface area contributed by atoms with E-state index < -0.39 is 26.6 Å². The molecule has 2 N–H and O–H groups in total. The van der Waals surface area contributed by atoms with Crippen LogP contribution >= 0.6 is 22.7 Å². The summed E-state index contributed by atoms with van der Waals surface area (Å²) in [5.41, 5.74) is 4.95. The van der Waals surface area contributed by atoms with Gasteiger partial charge in [0, 0.05) is 0 Å². The van der Waals surface area contributed by atoms with E-state index in [1.165, 1.54) is 5.38 Å². The van der Waals surface area contributed by atoms with Crippen molar-refractivity contribution in [3.63, 3.8) is 0 Å². The van der Waals surface area contributed by atoms with Crippen molar-refractivity contribution in [2.75, 3.05) is 5.73 Å². The average Bonchev–Trinajstić information content (AvgIpc) is 2.85. The van der Waals surface area contributed by atoms with Crippen LogP contribution in [0.5, 0.6) is 0 Å². The van der Waals surface area contributed by atoms with Crippen LogP contribution in [0.1, 0.15) is 10.4 Å². The summed E-state index contributed by atoms with van der Waals surface area (Å²) >= 11 is 1.07. The third-order valence-corrected chi connectivity index (χ3v) is 5.90. The summed E-state index contributed by atoms with van der Waals surface area (Å²) in [5, 5.41) is 7.81. The van der Waals surface area contributed by atoms with Gasteiger partial charge in [0.05, 0.1) is 5.75 Å². The van der Waals surface area contributed by atoms with Crippen LogP contribution < -0.4 is 5.73 Å². The summed E-state index contributed by atoms with van der Waals surface area (Å²) in [6, 6.07) is 1.13. The van der Waals surface area contributed by atoms with Crippen LogP contribution in [0.2, 0.25) is 0 Å². The largest absolute Gasteiger partial charge is 0.425 e. The van der Waals surface area contributed by atoms with E-state index in [9.17, 15) is 21.6 Å². The molecule has 2 aromatic rings. The van der Waals surface area contributed by atoms with E-state index in [1.54, 1.807) is 0 Å². The Morgan fingerprint density at radius 3 is 2.53 bits per heavy atom. The second-order valence-electron chi connectivity index (χ2n) is 3.44. The van der Waals surface area contributed by atoms with Crippen molar-refractivity contribution in [3.8, 4) is 0 Å². The van der Waals surface area contributed by atoms with Crippen LogP contribution in [0.3, 0.4) is 0 Å². The summed E-state index contributed by atoms with van der Waals surface area (Å²) in [6.07, 6.45) is -4.57. The summed E-state index contributed by atoms with van der Waals surface area (Å²) in [5.74, 6) is -0.778. The van der Waals surface area contributed by atoms with Crippen LogP contribution in [0.4, 0.5) is 18.3 Å². The van der Waals surface area contributed by atoms with Crippen LogP contribution in [-0.4, -0.2) is 18.6 Å². The fraction of sp³-hybridized carbons (Fsp3) is 0.250. The Kier molecular flexibility index (Phi) is 3.53. The molecule has 0 atom stereocenters. The van der Waals surface area contributed by atoms with Crippen molar-refractivity contribution in [2.24, 2.45) is 0 Å². The molecule has 19 heavy (non-hydrogen) atoms. The molecule has 0 unspecified atom stereocenters. The van der Waals surface area contributed by atoms with Gasteiger partial charge in [-0.3, -0.25) is 0 Å². The van der Waals surface area contributed by atoms with Crippen molar-refractivity contribution in [1.82, 2.24) is 10.2 Å². The summed E-state index contributed by atoms with van der Waals surface area (Å²) < 4.78 is 61.3. The molecule has 0 aliphatic heterocycles. The number of hydrogen-bond acceptors (Lipinski definition) is 7. The Bertz CT molecular complexity index is 689. The van der Waals surface area contributed by atoms with Crippen molar-refractivity contribution >= 4 is 37.6 Å². The number of nitrogen functional groups attached to an aromatic ring is 1. The molecule has 0 saturated heterocycles. The monoisotopic (exact) mass is 329 g/mol. The minimum atomic E-state index is -4.57. The molecular formula is C8H6F3N3O2S3. The fourth-order valence-electron chi connectivity index (χ4n) is 1.31. The average molecular weight is 329 g/mol. The van der Waals surface area contributed by atoms with Crippen LogP contribution in [-0.2, 0) is 21.8 Å². The van der Waals surface area contributed by atoms with E-state index in [0.29, 0.717) is 22.7 Å². The Morgan fingerprint density at radius 1 is 1.32 bits per heavy atom. The SMILES string of the molecule is Nc1nnc(S(=O)(=O)Cc2ccsc2C(F)(F)F)s1. The first-order chi connectivity index (χ1) is 8.70. The number of nitrogens with zero attached hydrogens (tertiary/aromatic N) is 2. The molecule has 2 rings (SSSR count). The lowest BCUT2D eigenvalue weighted by atomic mass is 10.3. The normalized spacial score (nSPS) is 12.8. The first kappa shape index (κ1) is 14.2. The molecule has 0 spiro atoms. The number of alkyl halides is 3. The first-order valence-electron chi connectivity index (χ1n) is 4.65. The van der Waals surface area contributed by atoms with Gasteiger partial charge < -0.3 is 5.73 Å². The molecular weight excluding hydrogens is 323 g/mol. The van der Waals surface area contributed by atoms with Gasteiger partial charge in [0.15, 0.2) is 0 Å². The quantitative estimate of drug-likeness (QED) is 0.933. The molecule has 2 aromatic heterocycles. The number of hydrogen-bond donors (Lipinski definition) is 1. The molecule has 0 amide bonds. The second-order valence-corrected chi connectivity index (χ2v) is 7.53. The second kappa shape index (κ2) is 4.72. The number of aromatic nitrogens is 2. The lowest BCUT2D eigenvalue weighted by molar-refractivity contribution is -0.134. The minimum Gasteiger partial charge on any atom is -0.374 e. The molecule has 0 aliphatic carbocycles. The van der Waals surface area contributed by atoms with Gasteiger partial charge in [-0.1, -0.05) is 11.3 Å². The number of anilines is 1. The van der Waals surface area contributed by atoms with E-state index in [0.717, 1.165) is 6.07 Å². The standard InChI is InChI=1S/C8H6F3N3O2S3/c9-8(10,11)5-4(1-2-17-5)3-19(15,16)7-14-13-6(12)18-7/h1-2H,3H2,(H2,12,13). The molecule has 0 aliphatic rings. The van der Waals surface area contributed by atoms with Crippen LogP contribution in [0.15, 0.2) is 15.8 Å². The highest BCUT2D eigenvalue weighted by Crippen LogP contribution is 2.37. The predicted molar refractivity (Wildman–Crippen MR) is 64.5 cm³/mol. The zero-order valence-corrected chi connectivity index (χ0v) is 11.5. The van der Waals surface area contributed by atoms with Gasteiger partial charge in [0.1, 0.15) is 4.88 Å². The maximum absolute atomic E-state index is 12.6. The molecule has 0 saturated carbocycles. The Morgan fingerprint density at radius 2 is 2.00 bits per heavy atom. The number of nitrogens with two attached hydrogens (primary N) is 1. The van der Waals surface area contributed by atoms with E-state index in [-0.39, 0.29) is 15.0 Å². The topological polar surface area (TPSA) is 85.9 Å². The van der Waals surface area contributed by atoms with Gasteiger partial charge in [-0.05, 0) is 17.0 Å². The molecule has 0 bridgehead atoms. The molecule has 5 nitrogen and oxygen atoms in total. The molecule has 104 valence electrons. The number of halogens is 3. The zero-order chi connectivity index (χ0) is 14.3. The lowest BCUT2D eigenvalue weighted by Crippen LogP contribution is -2.10. The van der Waals surface area contributed by atoms with Crippen molar-refractivity contribution in [3.05, 3.63) is 21.9 Å². The summed E-state index contributed by atoms with van der Waals surface area (Å²) in [6.45, 7) is 0. The van der Waals surface area contributed by atoms with Gasteiger partial charge in [-0.25, -0.2) is 8.42 Å². The Labute approximate surface area is 113 Å². The molecule has 11 heteroatoms. The van der Waals surface area contributed by atoms with Gasteiger partial charge in [-0.15, -0.1) is 21.5 Å². The van der Waals surface area contributed by atoms with Crippen molar-refractivity contribution < 1.29 is 21.6 Å². The molecule has 0 aromatic carbocycles. The lowest BCUT2D eigenvalue weighted by Gasteiger charge is -2.06. The Balaban J connectivity index is 2.34. The van der Waals surface area contributed by atoms with Gasteiger partial charge >= 0.3 is 6.18 Å². The third kappa shape index (κ3) is 3.04. The first-order valence-corrected chi connectivity index (χ1v) is 8.00. The van der Waals surface area contributed by atoms with Crippen molar-refractivity contribution in [2.45, 2.75) is 16.3 Å². The maximum atomic E-state index is 12.6. The highest BCUT2D eigenvalue weighted by molar-refractivity contribution is 7.92. The highest BCUT2D eigenvalue weighted by Gasteiger charge is 2.36. The van der Waals surface area contributed by atoms with E-state index in [2.05, 4.69) is 10.2 Å². The molecule has 2 heterocycles. The maximum Gasteiger partial charge on any atom is 0.425 e. The summed E-state index contributed by atoms with van der Waals surface area (Å²) in [7, 11) is -3.97. The number of rotatable bonds is 3. The zero-order valence-electron chi connectivity index (χ0n) is 9.01.